The fourth-order valence-electron chi connectivity index (χ4n) is 1.85. The Morgan fingerprint density at radius 3 is 2.26 bits per heavy atom. The van der Waals surface area contributed by atoms with Crippen molar-refractivity contribution in [3.8, 4) is 0 Å². The van der Waals surface area contributed by atoms with Crippen LogP contribution in [-0.2, 0) is 16.6 Å². The number of aryl methyl sites for hydroxylation is 1. The van der Waals surface area contributed by atoms with Crippen molar-refractivity contribution in [2.24, 2.45) is 0 Å². The Hall–Kier alpha value is -2.38. The molecular weight excluding hydrogens is 314 g/mol. The van der Waals surface area contributed by atoms with E-state index < -0.39 is 16.1 Å². The third kappa shape index (κ3) is 5.39. The number of carbonyl (C=O) groups excluding carboxylic acids is 1. The van der Waals surface area contributed by atoms with Crippen LogP contribution in [-0.4, -0.2) is 21.1 Å². The van der Waals surface area contributed by atoms with Crippen molar-refractivity contribution in [1.82, 2.24) is 15.4 Å². The summed E-state index contributed by atoms with van der Waals surface area (Å²) in [6.45, 7) is 2.07. The van der Waals surface area contributed by atoms with E-state index in [1.54, 1.807) is 12.1 Å². The predicted molar refractivity (Wildman–Crippen MR) is 88.2 cm³/mol. The van der Waals surface area contributed by atoms with E-state index in [-0.39, 0.29) is 11.6 Å². The van der Waals surface area contributed by atoms with Gasteiger partial charge in [-0.25, -0.2) is 13.2 Å². The SMILES string of the molecule is Cc1ccc(S(=O)(=O)NCNC(=O)NCc2ccccc2)cc1. The van der Waals surface area contributed by atoms with E-state index in [2.05, 4.69) is 15.4 Å². The molecule has 0 atom stereocenters. The van der Waals surface area contributed by atoms with Crippen molar-refractivity contribution >= 4 is 16.1 Å². The highest BCUT2D eigenvalue weighted by molar-refractivity contribution is 7.89. The van der Waals surface area contributed by atoms with Crippen molar-refractivity contribution < 1.29 is 13.2 Å². The number of amides is 2. The van der Waals surface area contributed by atoms with Gasteiger partial charge in [0, 0.05) is 6.54 Å². The lowest BCUT2D eigenvalue weighted by Gasteiger charge is -2.10. The lowest BCUT2D eigenvalue weighted by Crippen LogP contribution is -2.42. The highest BCUT2D eigenvalue weighted by Gasteiger charge is 2.13. The Morgan fingerprint density at radius 1 is 0.957 bits per heavy atom. The molecule has 0 spiro atoms. The molecule has 0 aliphatic carbocycles. The van der Waals surface area contributed by atoms with Gasteiger partial charge >= 0.3 is 6.03 Å². The quantitative estimate of drug-likeness (QED) is 0.704. The average Bonchev–Trinajstić information content (AvgIpc) is 2.54. The predicted octanol–water partition coefficient (Wildman–Crippen LogP) is 1.73. The van der Waals surface area contributed by atoms with Crippen LogP contribution in [0.5, 0.6) is 0 Å². The standard InChI is InChI=1S/C16H19N3O3S/c1-13-7-9-15(10-8-13)23(21,22)19-12-18-16(20)17-11-14-5-3-2-4-6-14/h2-10,19H,11-12H2,1H3,(H2,17,18,20). The highest BCUT2D eigenvalue weighted by Crippen LogP contribution is 2.09. The molecule has 6 nitrogen and oxygen atoms in total. The normalized spacial score (nSPS) is 11.0. The first-order valence-electron chi connectivity index (χ1n) is 7.09. The van der Waals surface area contributed by atoms with Crippen LogP contribution in [0.15, 0.2) is 59.5 Å². The zero-order valence-electron chi connectivity index (χ0n) is 12.7. The van der Waals surface area contributed by atoms with E-state index in [1.807, 2.05) is 37.3 Å². The Morgan fingerprint density at radius 2 is 1.61 bits per heavy atom. The third-order valence-corrected chi connectivity index (χ3v) is 4.56. The summed E-state index contributed by atoms with van der Waals surface area (Å²) in [5, 5.41) is 5.10. The second kappa shape index (κ2) is 7.75. The van der Waals surface area contributed by atoms with Gasteiger partial charge in [-0.15, -0.1) is 0 Å². The number of urea groups is 1. The molecule has 0 aliphatic rings. The first-order chi connectivity index (χ1) is 11.0. The van der Waals surface area contributed by atoms with Crippen LogP contribution in [0.3, 0.4) is 0 Å². The molecule has 0 heterocycles. The Labute approximate surface area is 136 Å². The van der Waals surface area contributed by atoms with Crippen molar-refractivity contribution in [2.75, 3.05) is 6.67 Å². The molecule has 23 heavy (non-hydrogen) atoms. The van der Waals surface area contributed by atoms with Gasteiger partial charge in [-0.3, -0.25) is 0 Å². The summed E-state index contributed by atoms with van der Waals surface area (Å²) in [7, 11) is -3.63. The monoisotopic (exact) mass is 333 g/mol. The number of carbonyl (C=O) groups is 1. The molecule has 3 N–H and O–H groups in total. The Bertz CT molecular complexity index is 744. The van der Waals surface area contributed by atoms with Crippen LogP contribution in [0.4, 0.5) is 4.79 Å². The zero-order valence-corrected chi connectivity index (χ0v) is 13.6. The van der Waals surface area contributed by atoms with Crippen molar-refractivity contribution in [1.29, 1.82) is 0 Å². The highest BCUT2D eigenvalue weighted by atomic mass is 32.2. The molecule has 0 saturated carbocycles. The number of hydrogen-bond acceptors (Lipinski definition) is 3. The molecule has 2 aromatic rings. The van der Waals surface area contributed by atoms with Gasteiger partial charge in [0.1, 0.15) is 0 Å². The van der Waals surface area contributed by atoms with E-state index in [9.17, 15) is 13.2 Å². The Balaban J connectivity index is 1.77. The minimum atomic E-state index is -3.63. The molecule has 0 radical (unpaired) electrons. The van der Waals surface area contributed by atoms with Gasteiger partial charge in [0.15, 0.2) is 0 Å². The van der Waals surface area contributed by atoms with Crippen LogP contribution in [0.1, 0.15) is 11.1 Å². The summed E-state index contributed by atoms with van der Waals surface area (Å²) in [5.41, 5.74) is 1.94. The molecule has 0 unspecified atom stereocenters. The number of nitrogens with one attached hydrogen (secondary N) is 3. The molecule has 0 bridgehead atoms. The molecule has 2 rings (SSSR count). The van der Waals surface area contributed by atoms with Gasteiger partial charge in [0.05, 0.1) is 11.6 Å². The number of rotatable bonds is 6. The molecule has 0 fully saturated rings. The van der Waals surface area contributed by atoms with Crippen LogP contribution in [0.25, 0.3) is 0 Å². The van der Waals surface area contributed by atoms with Gasteiger partial charge < -0.3 is 10.6 Å². The van der Waals surface area contributed by atoms with E-state index in [4.69, 9.17) is 0 Å². The molecule has 2 aromatic carbocycles. The second-order valence-electron chi connectivity index (χ2n) is 4.98. The fraction of sp³-hybridized carbons (Fsp3) is 0.188. The first kappa shape index (κ1) is 17.0. The maximum atomic E-state index is 12.0. The fourth-order valence-corrected chi connectivity index (χ4v) is 2.78. The third-order valence-electron chi connectivity index (χ3n) is 3.14. The van der Waals surface area contributed by atoms with Crippen LogP contribution >= 0.6 is 0 Å². The van der Waals surface area contributed by atoms with Crippen molar-refractivity contribution in [3.63, 3.8) is 0 Å². The molecule has 0 saturated heterocycles. The summed E-state index contributed by atoms with van der Waals surface area (Å²) < 4.78 is 26.4. The summed E-state index contributed by atoms with van der Waals surface area (Å²) in [4.78, 5) is 11.8. The summed E-state index contributed by atoms with van der Waals surface area (Å²) in [6.07, 6.45) is 0. The molecular formula is C16H19N3O3S. The molecule has 0 aromatic heterocycles. The van der Waals surface area contributed by atoms with Crippen molar-refractivity contribution in [2.45, 2.75) is 18.4 Å². The molecule has 122 valence electrons. The summed E-state index contributed by atoms with van der Waals surface area (Å²) in [6, 6.07) is 15.5. The zero-order chi connectivity index (χ0) is 16.7. The van der Waals surface area contributed by atoms with Crippen LogP contribution in [0.2, 0.25) is 0 Å². The molecule has 7 heteroatoms. The lowest BCUT2D eigenvalue weighted by atomic mass is 10.2. The van der Waals surface area contributed by atoms with E-state index in [0.29, 0.717) is 6.54 Å². The largest absolute Gasteiger partial charge is 0.334 e. The average molecular weight is 333 g/mol. The van der Waals surface area contributed by atoms with Gasteiger partial charge in [-0.2, -0.15) is 4.72 Å². The maximum Gasteiger partial charge on any atom is 0.316 e. The van der Waals surface area contributed by atoms with Gasteiger partial charge in [0.25, 0.3) is 0 Å². The van der Waals surface area contributed by atoms with E-state index in [0.717, 1.165) is 11.1 Å². The van der Waals surface area contributed by atoms with Gasteiger partial charge in [0.2, 0.25) is 10.0 Å². The molecule has 2 amide bonds. The minimum absolute atomic E-state index is 0.162. The minimum Gasteiger partial charge on any atom is -0.334 e. The van der Waals surface area contributed by atoms with E-state index in [1.165, 1.54) is 12.1 Å². The molecule has 0 aliphatic heterocycles. The van der Waals surface area contributed by atoms with Crippen molar-refractivity contribution in [3.05, 3.63) is 65.7 Å². The maximum absolute atomic E-state index is 12.0. The topological polar surface area (TPSA) is 87.3 Å². The van der Waals surface area contributed by atoms with Crippen LogP contribution in [0, 0.1) is 6.92 Å². The van der Waals surface area contributed by atoms with Crippen LogP contribution < -0.4 is 15.4 Å². The van der Waals surface area contributed by atoms with Gasteiger partial charge in [-0.1, -0.05) is 48.0 Å². The van der Waals surface area contributed by atoms with E-state index >= 15 is 0 Å². The lowest BCUT2D eigenvalue weighted by molar-refractivity contribution is 0.240. The number of benzene rings is 2. The number of hydrogen-bond donors (Lipinski definition) is 3. The number of sulfonamides is 1. The Kier molecular flexibility index (Phi) is 5.72. The summed E-state index contributed by atoms with van der Waals surface area (Å²) in [5.74, 6) is 0. The van der Waals surface area contributed by atoms with Gasteiger partial charge in [-0.05, 0) is 24.6 Å². The first-order valence-corrected chi connectivity index (χ1v) is 8.58. The summed E-state index contributed by atoms with van der Waals surface area (Å²) >= 11 is 0. The second-order valence-corrected chi connectivity index (χ2v) is 6.75. The smallest absolute Gasteiger partial charge is 0.316 e.